The van der Waals surface area contributed by atoms with Crippen LogP contribution >= 0.6 is 0 Å². The van der Waals surface area contributed by atoms with E-state index < -0.39 is 0 Å². The predicted molar refractivity (Wildman–Crippen MR) is 85.6 cm³/mol. The summed E-state index contributed by atoms with van der Waals surface area (Å²) in [4.78, 5) is 14.7. The van der Waals surface area contributed by atoms with E-state index >= 15 is 0 Å². The van der Waals surface area contributed by atoms with Gasteiger partial charge < -0.3 is 9.64 Å². The Labute approximate surface area is 136 Å². The van der Waals surface area contributed by atoms with Crippen molar-refractivity contribution in [2.75, 3.05) is 13.1 Å². The number of fused-ring (bicyclic) bond motifs is 1. The van der Waals surface area contributed by atoms with E-state index in [1.807, 2.05) is 4.90 Å². The average Bonchev–Trinajstić information content (AvgIpc) is 3.31. The normalized spacial score (nSPS) is 30.7. The van der Waals surface area contributed by atoms with Crippen molar-refractivity contribution in [3.63, 3.8) is 0 Å². The summed E-state index contributed by atoms with van der Waals surface area (Å²) in [5.74, 6) is 2.55. The summed E-state index contributed by atoms with van der Waals surface area (Å²) < 4.78 is 18.8. The van der Waals surface area contributed by atoms with Gasteiger partial charge in [-0.3, -0.25) is 4.79 Å². The smallest absolute Gasteiger partial charge is 0.226 e. The lowest BCUT2D eigenvalue weighted by Crippen LogP contribution is -2.42. The Morgan fingerprint density at radius 3 is 2.22 bits per heavy atom. The van der Waals surface area contributed by atoms with E-state index in [0.29, 0.717) is 29.4 Å². The van der Waals surface area contributed by atoms with Gasteiger partial charge in [0.2, 0.25) is 5.91 Å². The van der Waals surface area contributed by atoms with E-state index in [-0.39, 0.29) is 11.9 Å². The summed E-state index contributed by atoms with van der Waals surface area (Å²) in [5.41, 5.74) is 0. The molecule has 3 aliphatic rings. The lowest BCUT2D eigenvalue weighted by Gasteiger charge is -2.32. The second-order valence-corrected chi connectivity index (χ2v) is 7.23. The van der Waals surface area contributed by atoms with Crippen molar-refractivity contribution in [3.8, 4) is 5.75 Å². The summed E-state index contributed by atoms with van der Waals surface area (Å²) in [6, 6.07) is 6.18. The molecule has 4 rings (SSSR count). The molecule has 1 aromatic rings. The Kier molecular flexibility index (Phi) is 4.00. The second kappa shape index (κ2) is 6.14. The lowest BCUT2D eigenvalue weighted by atomic mass is 10.0. The number of halogens is 1. The number of nitrogens with zero attached hydrogens (tertiary/aromatic N) is 1. The number of amides is 1. The highest BCUT2D eigenvalue weighted by atomic mass is 19.1. The fraction of sp³-hybridized carbons (Fsp3) is 0.632. The van der Waals surface area contributed by atoms with Gasteiger partial charge in [0.1, 0.15) is 17.7 Å². The number of benzene rings is 1. The number of likely N-dealkylation sites (tertiary alicyclic amines) is 1. The molecule has 23 heavy (non-hydrogen) atoms. The molecule has 3 nitrogen and oxygen atoms in total. The van der Waals surface area contributed by atoms with E-state index in [1.165, 1.54) is 37.8 Å². The standard InChI is InChI=1S/C19H24FNO2/c20-13-5-7-14(8-6-13)23-15-9-11-21(12-10-15)19(22)18-16-3-1-2-4-17(16)18/h5-8,15-18H,1-4,9-12H2/t16-,17-/m1/s1. The van der Waals surface area contributed by atoms with Crippen molar-refractivity contribution < 1.29 is 13.9 Å². The van der Waals surface area contributed by atoms with E-state index in [1.54, 1.807) is 12.1 Å². The molecule has 2 saturated carbocycles. The number of carbonyl (C=O) groups is 1. The van der Waals surface area contributed by atoms with Crippen LogP contribution in [-0.2, 0) is 4.79 Å². The highest BCUT2D eigenvalue weighted by Crippen LogP contribution is 2.56. The average molecular weight is 317 g/mol. The Bertz CT molecular complexity index is 553. The molecular formula is C19H24FNO2. The molecule has 1 saturated heterocycles. The van der Waals surface area contributed by atoms with Crippen LogP contribution in [0, 0.1) is 23.6 Å². The molecule has 3 fully saturated rings. The first kappa shape index (κ1) is 15.0. The highest BCUT2D eigenvalue weighted by molar-refractivity contribution is 5.82. The van der Waals surface area contributed by atoms with Crippen molar-refractivity contribution in [3.05, 3.63) is 30.1 Å². The van der Waals surface area contributed by atoms with Crippen LogP contribution in [0.1, 0.15) is 38.5 Å². The second-order valence-electron chi connectivity index (χ2n) is 7.23. The maximum absolute atomic E-state index is 12.9. The summed E-state index contributed by atoms with van der Waals surface area (Å²) >= 11 is 0. The molecule has 2 aliphatic carbocycles. The van der Waals surface area contributed by atoms with E-state index in [9.17, 15) is 9.18 Å². The minimum atomic E-state index is -0.247. The fourth-order valence-electron chi connectivity index (χ4n) is 4.47. The number of hydrogen-bond donors (Lipinski definition) is 0. The maximum Gasteiger partial charge on any atom is 0.226 e. The number of piperidine rings is 1. The zero-order chi connectivity index (χ0) is 15.8. The van der Waals surface area contributed by atoms with Crippen LogP contribution in [0.15, 0.2) is 24.3 Å². The first-order chi connectivity index (χ1) is 11.2. The molecule has 0 unspecified atom stereocenters. The van der Waals surface area contributed by atoms with Crippen molar-refractivity contribution in [2.24, 2.45) is 17.8 Å². The van der Waals surface area contributed by atoms with Gasteiger partial charge in [0.05, 0.1) is 0 Å². The minimum absolute atomic E-state index is 0.131. The number of ether oxygens (including phenoxy) is 1. The molecular weight excluding hydrogens is 293 g/mol. The zero-order valence-electron chi connectivity index (χ0n) is 13.4. The van der Waals surface area contributed by atoms with Crippen molar-refractivity contribution >= 4 is 5.91 Å². The van der Waals surface area contributed by atoms with Gasteiger partial charge >= 0.3 is 0 Å². The van der Waals surface area contributed by atoms with Crippen LogP contribution in [0.5, 0.6) is 5.75 Å². The SMILES string of the molecule is O=C(C1[C@@H]2CCCC[C@@H]12)N1CCC(Oc2ccc(F)cc2)CC1. The van der Waals surface area contributed by atoms with E-state index in [4.69, 9.17) is 4.74 Å². The molecule has 1 aromatic carbocycles. The maximum atomic E-state index is 12.9. The van der Waals surface area contributed by atoms with Crippen LogP contribution in [0.2, 0.25) is 0 Å². The topological polar surface area (TPSA) is 29.5 Å². The van der Waals surface area contributed by atoms with Crippen LogP contribution < -0.4 is 4.74 Å². The number of carbonyl (C=O) groups excluding carboxylic acids is 1. The van der Waals surface area contributed by atoms with E-state index in [2.05, 4.69) is 0 Å². The minimum Gasteiger partial charge on any atom is -0.490 e. The molecule has 1 heterocycles. The Morgan fingerprint density at radius 1 is 1.00 bits per heavy atom. The fourth-order valence-corrected chi connectivity index (χ4v) is 4.47. The molecule has 4 heteroatoms. The van der Waals surface area contributed by atoms with Gasteiger partial charge in [-0.05, 0) is 48.9 Å². The van der Waals surface area contributed by atoms with Crippen LogP contribution in [0.25, 0.3) is 0 Å². The van der Waals surface area contributed by atoms with Crippen molar-refractivity contribution in [1.29, 1.82) is 0 Å². The predicted octanol–water partition coefficient (Wildman–Crippen LogP) is 3.63. The summed E-state index contributed by atoms with van der Waals surface area (Å²) in [6.45, 7) is 1.58. The first-order valence-corrected chi connectivity index (χ1v) is 8.93. The molecule has 0 radical (unpaired) electrons. The zero-order valence-corrected chi connectivity index (χ0v) is 13.4. The van der Waals surface area contributed by atoms with Gasteiger partial charge in [-0.1, -0.05) is 12.8 Å². The largest absolute Gasteiger partial charge is 0.490 e. The first-order valence-electron chi connectivity index (χ1n) is 8.93. The lowest BCUT2D eigenvalue weighted by molar-refractivity contribution is -0.135. The molecule has 0 aromatic heterocycles. The summed E-state index contributed by atoms with van der Waals surface area (Å²) in [5, 5.41) is 0. The van der Waals surface area contributed by atoms with Gasteiger partial charge in [0, 0.05) is 31.8 Å². The monoisotopic (exact) mass is 317 g/mol. The molecule has 0 spiro atoms. The summed E-state index contributed by atoms with van der Waals surface area (Å²) in [6.07, 6.45) is 6.98. The highest BCUT2D eigenvalue weighted by Gasteiger charge is 2.55. The Hall–Kier alpha value is -1.58. The van der Waals surface area contributed by atoms with Gasteiger partial charge in [-0.15, -0.1) is 0 Å². The molecule has 0 N–H and O–H groups in total. The van der Waals surface area contributed by atoms with Gasteiger partial charge in [-0.25, -0.2) is 4.39 Å². The molecule has 1 aliphatic heterocycles. The van der Waals surface area contributed by atoms with E-state index in [0.717, 1.165) is 25.9 Å². The van der Waals surface area contributed by atoms with Crippen molar-refractivity contribution in [1.82, 2.24) is 4.90 Å². The third-order valence-electron chi connectivity index (χ3n) is 5.81. The van der Waals surface area contributed by atoms with Crippen molar-refractivity contribution in [2.45, 2.75) is 44.6 Å². The molecule has 2 atom stereocenters. The van der Waals surface area contributed by atoms with Gasteiger partial charge in [0.15, 0.2) is 0 Å². The third kappa shape index (κ3) is 3.08. The molecule has 1 amide bonds. The van der Waals surface area contributed by atoms with Gasteiger partial charge in [-0.2, -0.15) is 0 Å². The third-order valence-corrected chi connectivity index (χ3v) is 5.81. The number of hydrogen-bond acceptors (Lipinski definition) is 2. The summed E-state index contributed by atoms with van der Waals surface area (Å²) in [7, 11) is 0. The number of rotatable bonds is 3. The van der Waals surface area contributed by atoms with Crippen LogP contribution in [0.4, 0.5) is 4.39 Å². The van der Waals surface area contributed by atoms with Crippen LogP contribution in [0.3, 0.4) is 0 Å². The van der Waals surface area contributed by atoms with Crippen LogP contribution in [-0.4, -0.2) is 30.0 Å². The Morgan fingerprint density at radius 2 is 1.61 bits per heavy atom. The van der Waals surface area contributed by atoms with Gasteiger partial charge in [0.25, 0.3) is 0 Å². The molecule has 0 bridgehead atoms. The quantitative estimate of drug-likeness (QED) is 0.852. The Balaban J connectivity index is 1.27. The molecule has 124 valence electrons.